The Morgan fingerprint density at radius 3 is 1.86 bits per heavy atom. The van der Waals surface area contributed by atoms with Gasteiger partial charge in [0.2, 0.25) is 5.91 Å². The summed E-state index contributed by atoms with van der Waals surface area (Å²) in [6.45, 7) is 5.03. The molecule has 1 aliphatic heterocycles. The molecule has 1 N–H and O–H groups in total. The summed E-state index contributed by atoms with van der Waals surface area (Å²) in [7, 11) is 0. The number of nitrogens with one attached hydrogen (secondary N) is 1. The molecule has 2 aromatic rings. The van der Waals surface area contributed by atoms with Gasteiger partial charge >= 0.3 is 0 Å². The van der Waals surface area contributed by atoms with Crippen molar-refractivity contribution in [2.24, 2.45) is 0 Å². The fourth-order valence-electron chi connectivity index (χ4n) is 2.84. The largest absolute Gasteiger partial charge is 0.306 e. The zero-order chi connectivity index (χ0) is 15.5. The zero-order valence-corrected chi connectivity index (χ0v) is 13.2. The topological polar surface area (TPSA) is 32.3 Å². The molecule has 0 aromatic heterocycles. The van der Waals surface area contributed by atoms with E-state index in [4.69, 9.17) is 0 Å². The molecule has 1 amide bonds. The number of nitrogens with zero attached hydrogens (tertiary/aromatic N) is 1. The minimum Gasteiger partial charge on any atom is -0.306 e. The van der Waals surface area contributed by atoms with Crippen LogP contribution in [-0.4, -0.2) is 18.5 Å². The van der Waals surface area contributed by atoms with Gasteiger partial charge in [0.1, 0.15) is 0 Å². The van der Waals surface area contributed by atoms with E-state index >= 15 is 0 Å². The Morgan fingerprint density at radius 1 is 0.955 bits per heavy atom. The van der Waals surface area contributed by atoms with Crippen LogP contribution in [0.25, 0.3) is 0 Å². The van der Waals surface area contributed by atoms with Gasteiger partial charge in [0.05, 0.1) is 6.04 Å². The molecule has 22 heavy (non-hydrogen) atoms. The lowest BCUT2D eigenvalue weighted by molar-refractivity contribution is -0.119. The van der Waals surface area contributed by atoms with E-state index < -0.39 is 0 Å². The Morgan fingerprint density at radius 2 is 1.45 bits per heavy atom. The van der Waals surface area contributed by atoms with E-state index in [0.717, 1.165) is 30.8 Å². The molecule has 0 unspecified atom stereocenters. The first-order valence-corrected chi connectivity index (χ1v) is 7.86. The van der Waals surface area contributed by atoms with Crippen LogP contribution in [0.2, 0.25) is 0 Å². The average molecular weight is 294 g/mol. The van der Waals surface area contributed by atoms with Gasteiger partial charge in [0.25, 0.3) is 0 Å². The predicted octanol–water partition coefficient (Wildman–Crippen LogP) is 3.72. The molecule has 1 fully saturated rings. The van der Waals surface area contributed by atoms with E-state index in [0.29, 0.717) is 0 Å². The van der Waals surface area contributed by atoms with Crippen molar-refractivity contribution < 1.29 is 4.79 Å². The Bertz CT molecular complexity index is 595. The standard InChI is InChI=1S/C19H22N2O/c1-14-5-9-16(10-6-14)21(17-11-7-15(2)8-12-17)19(22)18-4-3-13-20-18/h5-12,18,20H,3-4,13H2,1-2H3/t18-/m0/s1. The number of hydrogen-bond donors (Lipinski definition) is 1. The normalized spacial score (nSPS) is 17.5. The van der Waals surface area contributed by atoms with Crippen molar-refractivity contribution >= 4 is 17.3 Å². The molecular formula is C19H22N2O. The summed E-state index contributed by atoms with van der Waals surface area (Å²) in [5.74, 6) is 0.130. The summed E-state index contributed by atoms with van der Waals surface area (Å²) in [6, 6.07) is 16.2. The minimum absolute atomic E-state index is 0.0809. The second-order valence-electron chi connectivity index (χ2n) is 5.99. The van der Waals surface area contributed by atoms with Gasteiger partial charge in [-0.1, -0.05) is 35.4 Å². The van der Waals surface area contributed by atoms with Gasteiger partial charge in [-0.25, -0.2) is 0 Å². The summed E-state index contributed by atoms with van der Waals surface area (Å²) < 4.78 is 0. The molecule has 3 nitrogen and oxygen atoms in total. The van der Waals surface area contributed by atoms with Crippen LogP contribution in [0.3, 0.4) is 0 Å². The molecule has 114 valence electrons. The van der Waals surface area contributed by atoms with Gasteiger partial charge in [0, 0.05) is 11.4 Å². The predicted molar refractivity (Wildman–Crippen MR) is 90.5 cm³/mol. The maximum absolute atomic E-state index is 13.0. The summed E-state index contributed by atoms with van der Waals surface area (Å²) >= 11 is 0. The molecule has 0 bridgehead atoms. The fourth-order valence-corrected chi connectivity index (χ4v) is 2.84. The molecule has 1 saturated heterocycles. The molecule has 1 atom stereocenters. The Labute approximate surface area is 132 Å². The first kappa shape index (κ1) is 14.8. The van der Waals surface area contributed by atoms with Crippen molar-refractivity contribution in [2.45, 2.75) is 32.7 Å². The summed E-state index contributed by atoms with van der Waals surface area (Å²) in [5.41, 5.74) is 4.24. The molecule has 0 saturated carbocycles. The molecule has 1 heterocycles. The average Bonchev–Trinajstić information content (AvgIpc) is 3.05. The maximum atomic E-state index is 13.0. The SMILES string of the molecule is Cc1ccc(N(C(=O)[C@@H]2CCCN2)c2ccc(C)cc2)cc1. The van der Waals surface area contributed by atoms with Crippen LogP contribution in [0.5, 0.6) is 0 Å². The third-order valence-corrected chi connectivity index (χ3v) is 4.16. The van der Waals surface area contributed by atoms with E-state index in [9.17, 15) is 4.79 Å². The Balaban J connectivity index is 1.99. The molecule has 2 aromatic carbocycles. The summed E-state index contributed by atoms with van der Waals surface area (Å²) in [5, 5.41) is 3.31. The first-order chi connectivity index (χ1) is 10.6. The minimum atomic E-state index is -0.0809. The Hall–Kier alpha value is -2.13. The van der Waals surface area contributed by atoms with Gasteiger partial charge in [-0.15, -0.1) is 0 Å². The highest BCUT2D eigenvalue weighted by Gasteiger charge is 2.28. The lowest BCUT2D eigenvalue weighted by Crippen LogP contribution is -2.41. The number of rotatable bonds is 3. The second kappa shape index (κ2) is 6.32. The van der Waals surface area contributed by atoms with Gasteiger partial charge < -0.3 is 5.32 Å². The van der Waals surface area contributed by atoms with Gasteiger partial charge in [-0.05, 0) is 57.5 Å². The summed E-state index contributed by atoms with van der Waals surface area (Å²) in [4.78, 5) is 14.8. The lowest BCUT2D eigenvalue weighted by atomic mass is 10.1. The van der Waals surface area contributed by atoms with E-state index in [1.807, 2.05) is 53.4 Å². The van der Waals surface area contributed by atoms with E-state index in [2.05, 4.69) is 19.2 Å². The van der Waals surface area contributed by atoms with Crippen LogP contribution in [0.4, 0.5) is 11.4 Å². The number of hydrogen-bond acceptors (Lipinski definition) is 2. The van der Waals surface area contributed by atoms with Crippen molar-refractivity contribution in [1.82, 2.24) is 5.32 Å². The third-order valence-electron chi connectivity index (χ3n) is 4.16. The zero-order valence-electron chi connectivity index (χ0n) is 13.2. The maximum Gasteiger partial charge on any atom is 0.248 e. The number of amides is 1. The Kier molecular flexibility index (Phi) is 4.25. The van der Waals surface area contributed by atoms with Crippen molar-refractivity contribution in [3.05, 3.63) is 59.7 Å². The highest BCUT2D eigenvalue weighted by atomic mass is 16.2. The molecule has 0 radical (unpaired) electrons. The molecule has 0 spiro atoms. The molecule has 1 aliphatic rings. The molecular weight excluding hydrogens is 272 g/mol. The molecule has 3 rings (SSSR count). The number of carbonyl (C=O) groups excluding carboxylic acids is 1. The van der Waals surface area contributed by atoms with Crippen molar-refractivity contribution in [3.63, 3.8) is 0 Å². The van der Waals surface area contributed by atoms with Crippen LogP contribution < -0.4 is 10.2 Å². The lowest BCUT2D eigenvalue weighted by Gasteiger charge is -2.26. The van der Waals surface area contributed by atoms with Crippen LogP contribution in [-0.2, 0) is 4.79 Å². The molecule has 3 heteroatoms. The van der Waals surface area contributed by atoms with Crippen molar-refractivity contribution in [2.75, 3.05) is 11.4 Å². The molecule has 0 aliphatic carbocycles. The van der Waals surface area contributed by atoms with Crippen LogP contribution in [0, 0.1) is 13.8 Å². The van der Waals surface area contributed by atoms with E-state index in [1.54, 1.807) is 0 Å². The highest BCUT2D eigenvalue weighted by molar-refractivity contribution is 6.03. The van der Waals surface area contributed by atoms with E-state index in [-0.39, 0.29) is 11.9 Å². The second-order valence-corrected chi connectivity index (χ2v) is 5.99. The summed E-state index contributed by atoms with van der Waals surface area (Å²) in [6.07, 6.45) is 1.97. The van der Waals surface area contributed by atoms with Gasteiger partial charge in [-0.2, -0.15) is 0 Å². The van der Waals surface area contributed by atoms with Crippen molar-refractivity contribution in [1.29, 1.82) is 0 Å². The highest BCUT2D eigenvalue weighted by Crippen LogP contribution is 2.28. The fraction of sp³-hybridized carbons (Fsp3) is 0.316. The number of anilines is 2. The van der Waals surface area contributed by atoms with E-state index in [1.165, 1.54) is 11.1 Å². The van der Waals surface area contributed by atoms with Crippen molar-refractivity contribution in [3.8, 4) is 0 Å². The number of benzene rings is 2. The van der Waals surface area contributed by atoms with Crippen LogP contribution in [0.15, 0.2) is 48.5 Å². The quantitative estimate of drug-likeness (QED) is 0.935. The number of aryl methyl sites for hydroxylation is 2. The van der Waals surface area contributed by atoms with Gasteiger partial charge in [0.15, 0.2) is 0 Å². The van der Waals surface area contributed by atoms with Gasteiger partial charge in [-0.3, -0.25) is 9.69 Å². The monoisotopic (exact) mass is 294 g/mol. The third kappa shape index (κ3) is 3.04. The smallest absolute Gasteiger partial charge is 0.248 e. The first-order valence-electron chi connectivity index (χ1n) is 7.86. The van der Waals surface area contributed by atoms with Crippen LogP contribution in [0.1, 0.15) is 24.0 Å². The number of carbonyl (C=O) groups is 1. The van der Waals surface area contributed by atoms with Crippen LogP contribution >= 0.6 is 0 Å².